The standard InChI is InChI=1S/C16H20N2O4/c1-18(9-5-8-17)15(19)7-6-12-10-13(20-2)16(22-4)14(11-12)21-3/h6-7,10-11H,5,9H2,1-4H3/b7-6+. The number of methoxy groups -OCH3 is 3. The molecule has 0 aliphatic carbocycles. The molecule has 0 fully saturated rings. The minimum atomic E-state index is -0.177. The van der Waals surface area contributed by atoms with Gasteiger partial charge in [-0.15, -0.1) is 0 Å². The minimum Gasteiger partial charge on any atom is -0.493 e. The van der Waals surface area contributed by atoms with Crippen LogP contribution in [0.15, 0.2) is 18.2 Å². The number of carbonyl (C=O) groups is 1. The average molecular weight is 304 g/mol. The van der Waals surface area contributed by atoms with E-state index in [0.717, 1.165) is 5.56 Å². The lowest BCUT2D eigenvalue weighted by Crippen LogP contribution is -2.25. The Morgan fingerprint density at radius 3 is 2.27 bits per heavy atom. The lowest BCUT2D eigenvalue weighted by molar-refractivity contribution is -0.124. The zero-order valence-corrected chi connectivity index (χ0v) is 13.3. The van der Waals surface area contributed by atoms with Crippen molar-refractivity contribution in [3.8, 4) is 23.3 Å². The average Bonchev–Trinajstić information content (AvgIpc) is 2.55. The van der Waals surface area contributed by atoms with Gasteiger partial charge in [0.1, 0.15) is 0 Å². The van der Waals surface area contributed by atoms with Gasteiger partial charge in [0.15, 0.2) is 11.5 Å². The molecule has 0 spiro atoms. The highest BCUT2D eigenvalue weighted by atomic mass is 16.5. The van der Waals surface area contributed by atoms with E-state index in [-0.39, 0.29) is 5.91 Å². The summed E-state index contributed by atoms with van der Waals surface area (Å²) in [4.78, 5) is 13.4. The largest absolute Gasteiger partial charge is 0.493 e. The molecule has 1 aromatic rings. The van der Waals surface area contributed by atoms with Crippen LogP contribution in [0.4, 0.5) is 0 Å². The predicted octanol–water partition coefficient (Wildman–Crippen LogP) is 2.10. The summed E-state index contributed by atoms with van der Waals surface area (Å²) in [7, 11) is 6.25. The number of nitriles is 1. The second kappa shape index (κ2) is 8.57. The molecule has 0 aliphatic rings. The van der Waals surface area contributed by atoms with Crippen molar-refractivity contribution in [1.29, 1.82) is 5.26 Å². The summed E-state index contributed by atoms with van der Waals surface area (Å²) < 4.78 is 15.8. The number of carbonyl (C=O) groups excluding carboxylic acids is 1. The van der Waals surface area contributed by atoms with E-state index in [1.807, 2.05) is 6.07 Å². The summed E-state index contributed by atoms with van der Waals surface area (Å²) in [6.45, 7) is 0.398. The van der Waals surface area contributed by atoms with Gasteiger partial charge in [-0.3, -0.25) is 4.79 Å². The van der Waals surface area contributed by atoms with Gasteiger partial charge in [-0.2, -0.15) is 5.26 Å². The SMILES string of the molecule is COc1cc(/C=C/C(=O)N(C)CCC#N)cc(OC)c1OC. The quantitative estimate of drug-likeness (QED) is 0.721. The van der Waals surface area contributed by atoms with Crippen LogP contribution in [0.5, 0.6) is 17.2 Å². The van der Waals surface area contributed by atoms with Crippen molar-refractivity contribution >= 4 is 12.0 Å². The molecule has 0 heterocycles. The molecule has 0 N–H and O–H groups in total. The molecule has 0 aliphatic heterocycles. The van der Waals surface area contributed by atoms with E-state index in [9.17, 15) is 4.79 Å². The highest BCUT2D eigenvalue weighted by molar-refractivity contribution is 5.91. The maximum absolute atomic E-state index is 11.9. The predicted molar refractivity (Wildman–Crippen MR) is 83.0 cm³/mol. The van der Waals surface area contributed by atoms with Crippen LogP contribution < -0.4 is 14.2 Å². The topological polar surface area (TPSA) is 71.8 Å². The summed E-state index contributed by atoms with van der Waals surface area (Å²) in [5, 5.41) is 8.52. The first-order valence-electron chi connectivity index (χ1n) is 6.67. The van der Waals surface area contributed by atoms with E-state index in [4.69, 9.17) is 19.5 Å². The first-order chi connectivity index (χ1) is 10.6. The van der Waals surface area contributed by atoms with Gasteiger partial charge >= 0.3 is 0 Å². The number of hydrogen-bond acceptors (Lipinski definition) is 5. The maximum atomic E-state index is 11.9. The van der Waals surface area contributed by atoms with Crippen LogP contribution in [-0.2, 0) is 4.79 Å². The Balaban J connectivity index is 2.96. The minimum absolute atomic E-state index is 0.177. The Hall–Kier alpha value is -2.68. The molecule has 6 nitrogen and oxygen atoms in total. The van der Waals surface area contributed by atoms with Gasteiger partial charge < -0.3 is 19.1 Å². The summed E-state index contributed by atoms with van der Waals surface area (Å²) in [6.07, 6.45) is 3.41. The molecule has 1 aromatic carbocycles. The molecule has 1 amide bonds. The number of benzene rings is 1. The van der Waals surface area contributed by atoms with Crippen LogP contribution in [0.2, 0.25) is 0 Å². The fourth-order valence-electron chi connectivity index (χ4n) is 1.82. The second-order valence-corrected chi connectivity index (χ2v) is 4.46. The lowest BCUT2D eigenvalue weighted by Gasteiger charge is -2.14. The summed E-state index contributed by atoms with van der Waals surface area (Å²) in [5.74, 6) is 1.36. The highest BCUT2D eigenvalue weighted by Crippen LogP contribution is 2.38. The second-order valence-electron chi connectivity index (χ2n) is 4.46. The third-order valence-corrected chi connectivity index (χ3v) is 3.04. The van der Waals surface area contributed by atoms with Gasteiger partial charge in [-0.05, 0) is 23.8 Å². The Bertz CT molecular complexity index is 565. The number of amides is 1. The molecule has 1 rings (SSSR count). The Labute approximate surface area is 130 Å². The highest BCUT2D eigenvalue weighted by Gasteiger charge is 2.12. The molecule has 0 atom stereocenters. The third kappa shape index (κ3) is 4.42. The molecule has 0 saturated carbocycles. The number of ether oxygens (including phenoxy) is 3. The van der Waals surface area contributed by atoms with E-state index in [2.05, 4.69) is 0 Å². The fourth-order valence-corrected chi connectivity index (χ4v) is 1.82. The van der Waals surface area contributed by atoms with Crippen molar-refractivity contribution in [1.82, 2.24) is 4.90 Å². The van der Waals surface area contributed by atoms with Gasteiger partial charge in [0.2, 0.25) is 11.7 Å². The van der Waals surface area contributed by atoms with Gasteiger partial charge in [0.05, 0.1) is 33.8 Å². The molecule has 0 bridgehead atoms. The molecule has 6 heteroatoms. The molecule has 22 heavy (non-hydrogen) atoms. The summed E-state index contributed by atoms with van der Waals surface area (Å²) in [5.41, 5.74) is 0.747. The molecule has 118 valence electrons. The van der Waals surface area contributed by atoms with E-state index in [0.29, 0.717) is 30.2 Å². The van der Waals surface area contributed by atoms with Gasteiger partial charge in [-0.25, -0.2) is 0 Å². The summed E-state index contributed by atoms with van der Waals surface area (Å²) in [6, 6.07) is 5.51. The van der Waals surface area contributed by atoms with Crippen molar-refractivity contribution in [2.75, 3.05) is 34.9 Å². The zero-order valence-electron chi connectivity index (χ0n) is 13.3. The molecule has 0 unspecified atom stereocenters. The first kappa shape index (κ1) is 17.4. The molecular formula is C16H20N2O4. The van der Waals surface area contributed by atoms with Crippen molar-refractivity contribution in [2.24, 2.45) is 0 Å². The van der Waals surface area contributed by atoms with Crippen LogP contribution in [0, 0.1) is 11.3 Å². The molecule has 0 radical (unpaired) electrons. The third-order valence-electron chi connectivity index (χ3n) is 3.04. The number of likely N-dealkylation sites (N-methyl/N-ethyl adjacent to an activating group) is 1. The van der Waals surface area contributed by atoms with Gasteiger partial charge in [0.25, 0.3) is 0 Å². The lowest BCUT2D eigenvalue weighted by atomic mass is 10.1. The maximum Gasteiger partial charge on any atom is 0.246 e. The van der Waals surface area contributed by atoms with E-state index in [1.165, 1.54) is 32.3 Å². The van der Waals surface area contributed by atoms with E-state index >= 15 is 0 Å². The Kier molecular flexibility index (Phi) is 6.77. The van der Waals surface area contributed by atoms with Crippen molar-refractivity contribution in [3.05, 3.63) is 23.8 Å². The molecule has 0 aromatic heterocycles. The number of nitrogens with zero attached hydrogens (tertiary/aromatic N) is 2. The number of rotatable bonds is 7. The van der Waals surface area contributed by atoms with Crippen LogP contribution >= 0.6 is 0 Å². The van der Waals surface area contributed by atoms with Gasteiger partial charge in [-0.1, -0.05) is 0 Å². The molecular weight excluding hydrogens is 284 g/mol. The molecule has 0 saturated heterocycles. The fraction of sp³-hybridized carbons (Fsp3) is 0.375. The van der Waals surface area contributed by atoms with Crippen molar-refractivity contribution in [3.63, 3.8) is 0 Å². The van der Waals surface area contributed by atoms with E-state index < -0.39 is 0 Å². The van der Waals surface area contributed by atoms with Gasteiger partial charge in [0, 0.05) is 19.7 Å². The first-order valence-corrected chi connectivity index (χ1v) is 6.67. The Morgan fingerprint density at radius 2 is 1.82 bits per heavy atom. The number of hydrogen-bond donors (Lipinski definition) is 0. The van der Waals surface area contributed by atoms with Crippen LogP contribution in [-0.4, -0.2) is 45.7 Å². The monoisotopic (exact) mass is 304 g/mol. The Morgan fingerprint density at radius 1 is 1.23 bits per heavy atom. The van der Waals surface area contributed by atoms with Crippen LogP contribution in [0.3, 0.4) is 0 Å². The summed E-state index contributed by atoms with van der Waals surface area (Å²) >= 11 is 0. The normalized spacial score (nSPS) is 10.1. The van der Waals surface area contributed by atoms with Crippen molar-refractivity contribution in [2.45, 2.75) is 6.42 Å². The zero-order chi connectivity index (χ0) is 16.5. The van der Waals surface area contributed by atoms with Crippen LogP contribution in [0.1, 0.15) is 12.0 Å². The van der Waals surface area contributed by atoms with E-state index in [1.54, 1.807) is 25.3 Å². The van der Waals surface area contributed by atoms with Crippen molar-refractivity contribution < 1.29 is 19.0 Å². The van der Waals surface area contributed by atoms with Crippen LogP contribution in [0.25, 0.3) is 6.08 Å². The smallest absolute Gasteiger partial charge is 0.246 e.